The number of nitrogens with zero attached hydrogens (tertiary/aromatic N) is 3. The van der Waals surface area contributed by atoms with Gasteiger partial charge in [-0.05, 0) is 50.3 Å². The molecule has 2 heterocycles. The van der Waals surface area contributed by atoms with Gasteiger partial charge in [-0.25, -0.2) is 8.42 Å². The summed E-state index contributed by atoms with van der Waals surface area (Å²) in [6.45, 7) is 9.81. The zero-order chi connectivity index (χ0) is 20.4. The van der Waals surface area contributed by atoms with E-state index in [1.165, 1.54) is 24.1 Å². The van der Waals surface area contributed by atoms with Gasteiger partial charge in [0.1, 0.15) is 0 Å². The van der Waals surface area contributed by atoms with Crippen LogP contribution in [0.2, 0.25) is 0 Å². The minimum atomic E-state index is -3.05. The summed E-state index contributed by atoms with van der Waals surface area (Å²) in [7, 11) is -1.30. The van der Waals surface area contributed by atoms with Crippen LogP contribution in [0, 0.1) is 5.92 Å². The number of rotatable bonds is 3. The summed E-state index contributed by atoms with van der Waals surface area (Å²) in [5, 5.41) is 3.39. The van der Waals surface area contributed by atoms with E-state index in [4.69, 9.17) is 0 Å². The highest BCUT2D eigenvalue weighted by Crippen LogP contribution is 2.24. The van der Waals surface area contributed by atoms with Crippen molar-refractivity contribution >= 4 is 45.5 Å². The molecule has 6 nitrogen and oxygen atoms in total. The maximum absolute atomic E-state index is 12.2. The normalized spacial score (nSPS) is 22.1. The van der Waals surface area contributed by atoms with Crippen molar-refractivity contribution in [3.05, 3.63) is 29.8 Å². The van der Waals surface area contributed by atoms with Crippen molar-refractivity contribution < 1.29 is 8.42 Å². The lowest BCUT2D eigenvalue weighted by Gasteiger charge is -2.39. The van der Waals surface area contributed by atoms with Crippen LogP contribution < -0.4 is 10.2 Å². The Morgan fingerprint density at radius 1 is 1.17 bits per heavy atom. The van der Waals surface area contributed by atoms with Crippen molar-refractivity contribution in [2.45, 2.75) is 44.9 Å². The van der Waals surface area contributed by atoms with E-state index >= 15 is 0 Å². The molecule has 0 radical (unpaired) electrons. The number of sulfone groups is 1. The second-order valence-corrected chi connectivity index (χ2v) is 11.5. The lowest BCUT2D eigenvalue weighted by atomic mass is 9.99. The van der Waals surface area contributed by atoms with Crippen LogP contribution in [0.5, 0.6) is 0 Å². The molecule has 2 aliphatic heterocycles. The standard InChI is InChI=1S/C21H34N4O2S.HI/c1-17-9-11-24(12-10-17)19-7-5-18(6-8-19)15-23-20(22-4)25-13-14-28(26,27)21(2,3)16-25;/h5-8,17H,9-16H2,1-4H3,(H,22,23);1H. The molecule has 0 atom stereocenters. The van der Waals surface area contributed by atoms with Gasteiger partial charge in [0.2, 0.25) is 0 Å². The van der Waals surface area contributed by atoms with E-state index in [9.17, 15) is 8.42 Å². The number of aliphatic imine (C=N–C) groups is 1. The molecule has 0 aromatic heterocycles. The van der Waals surface area contributed by atoms with Crippen molar-refractivity contribution in [3.8, 4) is 0 Å². The van der Waals surface area contributed by atoms with Gasteiger partial charge in [0, 0.05) is 45.5 Å². The zero-order valence-electron chi connectivity index (χ0n) is 18.0. The largest absolute Gasteiger partial charge is 0.372 e. The molecular formula is C21H35IN4O2S. The fraction of sp³-hybridized carbons (Fsp3) is 0.667. The third-order valence-corrected chi connectivity index (χ3v) is 8.62. The fourth-order valence-corrected chi connectivity index (χ4v) is 5.30. The number of hydrogen-bond donors (Lipinski definition) is 1. The van der Waals surface area contributed by atoms with Crippen molar-refractivity contribution in [1.82, 2.24) is 10.2 Å². The third-order valence-electron chi connectivity index (χ3n) is 6.09. The monoisotopic (exact) mass is 534 g/mol. The summed E-state index contributed by atoms with van der Waals surface area (Å²) in [6, 6.07) is 8.73. The van der Waals surface area contributed by atoms with Crippen LogP contribution in [-0.2, 0) is 16.4 Å². The van der Waals surface area contributed by atoms with Crippen LogP contribution in [0.4, 0.5) is 5.69 Å². The van der Waals surface area contributed by atoms with Crippen molar-refractivity contribution in [1.29, 1.82) is 0 Å². The predicted octanol–water partition coefficient (Wildman–Crippen LogP) is 3.13. The molecule has 164 valence electrons. The number of guanidine groups is 1. The van der Waals surface area contributed by atoms with Crippen molar-refractivity contribution in [3.63, 3.8) is 0 Å². The van der Waals surface area contributed by atoms with Gasteiger partial charge in [-0.2, -0.15) is 0 Å². The molecule has 2 saturated heterocycles. The van der Waals surface area contributed by atoms with E-state index < -0.39 is 14.6 Å². The third kappa shape index (κ3) is 5.77. The molecule has 0 unspecified atom stereocenters. The summed E-state index contributed by atoms with van der Waals surface area (Å²) in [5.41, 5.74) is 2.49. The second-order valence-electron chi connectivity index (χ2n) is 8.74. The molecule has 8 heteroatoms. The van der Waals surface area contributed by atoms with E-state index in [0.29, 0.717) is 19.6 Å². The molecule has 0 saturated carbocycles. The summed E-state index contributed by atoms with van der Waals surface area (Å²) in [4.78, 5) is 8.88. The molecule has 2 aliphatic rings. The summed E-state index contributed by atoms with van der Waals surface area (Å²) >= 11 is 0. The Balaban J connectivity index is 0.00000300. The van der Waals surface area contributed by atoms with Gasteiger partial charge in [-0.15, -0.1) is 24.0 Å². The van der Waals surface area contributed by atoms with E-state index in [-0.39, 0.29) is 29.7 Å². The van der Waals surface area contributed by atoms with Crippen molar-refractivity contribution in [2.75, 3.05) is 43.9 Å². The Bertz CT molecular complexity index is 800. The van der Waals surface area contributed by atoms with Gasteiger partial charge in [0.05, 0.1) is 10.5 Å². The van der Waals surface area contributed by atoms with E-state index in [1.807, 2.05) is 4.90 Å². The average Bonchev–Trinajstić information content (AvgIpc) is 2.66. The molecule has 0 bridgehead atoms. The lowest BCUT2D eigenvalue weighted by Crippen LogP contribution is -2.57. The van der Waals surface area contributed by atoms with Gasteiger partial charge in [-0.3, -0.25) is 4.99 Å². The number of halogens is 1. The minimum Gasteiger partial charge on any atom is -0.372 e. The Kier molecular flexibility index (Phi) is 8.23. The molecule has 1 aromatic rings. The first-order valence-electron chi connectivity index (χ1n) is 10.2. The van der Waals surface area contributed by atoms with Gasteiger partial charge >= 0.3 is 0 Å². The van der Waals surface area contributed by atoms with Crippen LogP contribution in [0.15, 0.2) is 29.3 Å². The van der Waals surface area contributed by atoms with Gasteiger partial charge in [-0.1, -0.05) is 19.1 Å². The highest BCUT2D eigenvalue weighted by atomic mass is 127. The average molecular weight is 535 g/mol. The Labute approximate surface area is 193 Å². The first-order chi connectivity index (χ1) is 13.2. The fourth-order valence-electron chi connectivity index (χ4n) is 3.93. The number of anilines is 1. The number of hydrogen-bond acceptors (Lipinski definition) is 4. The topological polar surface area (TPSA) is 65.0 Å². The van der Waals surface area contributed by atoms with Crippen LogP contribution in [0.3, 0.4) is 0 Å². The van der Waals surface area contributed by atoms with Crippen molar-refractivity contribution in [2.24, 2.45) is 10.9 Å². The molecular weight excluding hydrogens is 499 g/mol. The van der Waals surface area contributed by atoms with E-state index in [2.05, 4.69) is 46.4 Å². The maximum atomic E-state index is 12.2. The molecule has 0 amide bonds. The van der Waals surface area contributed by atoms with E-state index in [1.54, 1.807) is 20.9 Å². The van der Waals surface area contributed by atoms with Crippen LogP contribution >= 0.6 is 24.0 Å². The number of nitrogens with one attached hydrogen (secondary N) is 1. The van der Waals surface area contributed by atoms with Gasteiger partial charge in [0.15, 0.2) is 15.8 Å². The summed E-state index contributed by atoms with van der Waals surface area (Å²) in [5.74, 6) is 1.77. The zero-order valence-corrected chi connectivity index (χ0v) is 21.2. The smallest absolute Gasteiger partial charge is 0.193 e. The SMILES string of the molecule is CN=C(NCc1ccc(N2CCC(C)CC2)cc1)N1CCS(=O)(=O)C(C)(C)C1.I. The molecule has 1 N–H and O–H groups in total. The van der Waals surface area contributed by atoms with Crippen LogP contribution in [0.25, 0.3) is 0 Å². The second kappa shape index (κ2) is 9.85. The van der Waals surface area contributed by atoms with E-state index in [0.717, 1.165) is 25.0 Å². The first kappa shape index (κ1) is 24.2. The van der Waals surface area contributed by atoms with Gasteiger partial charge in [0.25, 0.3) is 0 Å². The van der Waals surface area contributed by atoms with Crippen LogP contribution in [-0.4, -0.2) is 63.0 Å². The number of benzene rings is 1. The van der Waals surface area contributed by atoms with Crippen LogP contribution in [0.1, 0.15) is 39.2 Å². The minimum absolute atomic E-state index is 0. The highest BCUT2D eigenvalue weighted by Gasteiger charge is 2.40. The quantitative estimate of drug-likeness (QED) is 0.367. The first-order valence-corrected chi connectivity index (χ1v) is 11.9. The molecule has 0 spiro atoms. The Morgan fingerprint density at radius 2 is 1.79 bits per heavy atom. The highest BCUT2D eigenvalue weighted by molar-refractivity contribution is 14.0. The maximum Gasteiger partial charge on any atom is 0.193 e. The Morgan fingerprint density at radius 3 is 2.34 bits per heavy atom. The predicted molar refractivity (Wildman–Crippen MR) is 132 cm³/mol. The summed E-state index contributed by atoms with van der Waals surface area (Å²) < 4.78 is 23.7. The number of piperidine rings is 1. The molecule has 1 aromatic carbocycles. The molecule has 2 fully saturated rings. The molecule has 3 rings (SSSR count). The molecule has 0 aliphatic carbocycles. The lowest BCUT2D eigenvalue weighted by molar-refractivity contribution is 0.353. The van der Waals surface area contributed by atoms with Gasteiger partial charge < -0.3 is 15.1 Å². The Hall–Kier alpha value is -1.03. The molecule has 29 heavy (non-hydrogen) atoms. The summed E-state index contributed by atoms with van der Waals surface area (Å²) in [6.07, 6.45) is 2.53.